The third kappa shape index (κ3) is 4.67. The molecule has 1 aliphatic heterocycles. The van der Waals surface area contributed by atoms with Gasteiger partial charge in [0.15, 0.2) is 21.1 Å². The fourth-order valence-electron chi connectivity index (χ4n) is 2.99. The molecule has 0 aliphatic carbocycles. The molecule has 1 fully saturated rings. The fraction of sp³-hybridized carbons (Fsp3) is 0.389. The molecule has 3 rings (SSSR count). The Hall–Kier alpha value is -1.80. The lowest BCUT2D eigenvalue weighted by atomic mass is 10.2. The summed E-state index contributed by atoms with van der Waals surface area (Å²) in [5, 5.41) is 0. The van der Waals surface area contributed by atoms with Gasteiger partial charge in [-0.15, -0.1) is 0 Å². The molecule has 0 spiro atoms. The minimum absolute atomic E-state index is 0.0228. The van der Waals surface area contributed by atoms with E-state index in [4.69, 9.17) is 9.15 Å². The van der Waals surface area contributed by atoms with Crippen molar-refractivity contribution in [1.82, 2.24) is 4.90 Å². The van der Waals surface area contributed by atoms with Gasteiger partial charge in [0.1, 0.15) is 11.5 Å². The number of carbonyl (C=O) groups is 1. The van der Waals surface area contributed by atoms with Crippen LogP contribution < -0.4 is 4.74 Å². The molecule has 1 amide bonds. The van der Waals surface area contributed by atoms with Crippen molar-refractivity contribution in [2.24, 2.45) is 0 Å². The highest BCUT2D eigenvalue weighted by molar-refractivity contribution is 9.10. The van der Waals surface area contributed by atoms with Crippen LogP contribution in [0.3, 0.4) is 0 Å². The number of sulfone groups is 1. The fourth-order valence-corrected chi connectivity index (χ4v) is 5.06. The second kappa shape index (κ2) is 7.84. The molecule has 0 bridgehead atoms. The summed E-state index contributed by atoms with van der Waals surface area (Å²) in [6.07, 6.45) is 0.431. The van der Waals surface area contributed by atoms with Crippen molar-refractivity contribution < 1.29 is 22.4 Å². The number of furan rings is 1. The van der Waals surface area contributed by atoms with Crippen LogP contribution in [-0.2, 0) is 21.2 Å². The van der Waals surface area contributed by atoms with Gasteiger partial charge in [0.2, 0.25) is 0 Å². The lowest BCUT2D eigenvalue weighted by molar-refractivity contribution is -0.136. The van der Waals surface area contributed by atoms with Crippen molar-refractivity contribution in [2.75, 3.05) is 18.1 Å². The summed E-state index contributed by atoms with van der Waals surface area (Å²) in [4.78, 5) is 14.3. The Morgan fingerprint density at radius 1 is 1.31 bits per heavy atom. The summed E-state index contributed by atoms with van der Waals surface area (Å²) in [6.45, 7) is 1.96. The van der Waals surface area contributed by atoms with Crippen LogP contribution >= 0.6 is 15.9 Å². The molecule has 1 aliphatic rings. The van der Waals surface area contributed by atoms with Gasteiger partial charge in [0.05, 0.1) is 18.1 Å². The average molecular weight is 442 g/mol. The van der Waals surface area contributed by atoms with Crippen molar-refractivity contribution in [3.8, 4) is 5.75 Å². The minimum Gasteiger partial charge on any atom is -0.484 e. The summed E-state index contributed by atoms with van der Waals surface area (Å²) in [5.74, 6) is 1.04. The van der Waals surface area contributed by atoms with Crippen molar-refractivity contribution in [2.45, 2.75) is 25.9 Å². The van der Waals surface area contributed by atoms with Crippen LogP contribution in [0, 0.1) is 6.92 Å². The summed E-state index contributed by atoms with van der Waals surface area (Å²) in [7, 11) is -3.11. The lowest BCUT2D eigenvalue weighted by Gasteiger charge is -2.27. The average Bonchev–Trinajstić information content (AvgIpc) is 3.16. The number of para-hydroxylation sites is 1. The Morgan fingerprint density at radius 2 is 2.08 bits per heavy atom. The number of rotatable bonds is 6. The third-order valence-corrected chi connectivity index (χ3v) is 6.55. The first-order valence-electron chi connectivity index (χ1n) is 8.26. The Morgan fingerprint density at radius 3 is 2.69 bits per heavy atom. The van der Waals surface area contributed by atoms with Crippen molar-refractivity contribution >= 4 is 31.7 Å². The maximum atomic E-state index is 12.8. The number of ether oxygens (including phenoxy) is 1. The molecule has 0 saturated carbocycles. The van der Waals surface area contributed by atoms with Crippen LogP contribution in [0.25, 0.3) is 0 Å². The third-order valence-electron chi connectivity index (χ3n) is 4.37. The molecule has 26 heavy (non-hydrogen) atoms. The summed E-state index contributed by atoms with van der Waals surface area (Å²) >= 11 is 3.24. The summed E-state index contributed by atoms with van der Waals surface area (Å²) in [6, 6.07) is 10.6. The van der Waals surface area contributed by atoms with Crippen LogP contribution in [-0.4, -0.2) is 43.4 Å². The highest BCUT2D eigenvalue weighted by Gasteiger charge is 2.35. The Labute approximate surface area is 161 Å². The van der Waals surface area contributed by atoms with Gasteiger partial charge in [-0.1, -0.05) is 18.2 Å². The van der Waals surface area contributed by atoms with Gasteiger partial charge < -0.3 is 14.1 Å². The van der Waals surface area contributed by atoms with E-state index in [1.165, 1.54) is 0 Å². The van der Waals surface area contributed by atoms with Gasteiger partial charge in [0.25, 0.3) is 5.91 Å². The monoisotopic (exact) mass is 441 g/mol. The van der Waals surface area contributed by atoms with Crippen LogP contribution in [0.2, 0.25) is 0 Å². The first-order chi connectivity index (χ1) is 12.3. The predicted molar refractivity (Wildman–Crippen MR) is 101 cm³/mol. The number of hydrogen-bond acceptors (Lipinski definition) is 5. The Kier molecular flexibility index (Phi) is 5.72. The molecule has 2 aromatic rings. The van der Waals surface area contributed by atoms with E-state index < -0.39 is 9.84 Å². The first-order valence-corrected chi connectivity index (χ1v) is 10.9. The van der Waals surface area contributed by atoms with Gasteiger partial charge in [0, 0.05) is 6.04 Å². The number of carbonyl (C=O) groups excluding carboxylic acids is 1. The highest BCUT2D eigenvalue weighted by atomic mass is 79.9. The molecule has 0 radical (unpaired) electrons. The van der Waals surface area contributed by atoms with E-state index in [9.17, 15) is 13.2 Å². The molecule has 1 aromatic heterocycles. The molecule has 1 atom stereocenters. The normalized spacial score (nSPS) is 18.6. The molecule has 8 heteroatoms. The summed E-state index contributed by atoms with van der Waals surface area (Å²) in [5.41, 5.74) is 0.935. The van der Waals surface area contributed by atoms with E-state index in [0.717, 1.165) is 5.56 Å². The molecule has 0 unspecified atom stereocenters. The topological polar surface area (TPSA) is 76.8 Å². The summed E-state index contributed by atoms with van der Waals surface area (Å²) < 4.78 is 35.4. The Bertz CT molecular complexity index is 892. The highest BCUT2D eigenvalue weighted by Crippen LogP contribution is 2.23. The molecule has 0 N–H and O–H groups in total. The second-order valence-electron chi connectivity index (χ2n) is 6.34. The number of aryl methyl sites for hydroxylation is 1. The predicted octanol–water partition coefficient (Wildman–Crippen LogP) is 2.95. The number of benzene rings is 1. The molecular weight excluding hydrogens is 422 g/mol. The maximum absolute atomic E-state index is 12.8. The molecule has 1 aromatic carbocycles. The quantitative estimate of drug-likeness (QED) is 0.688. The molecule has 1 saturated heterocycles. The van der Waals surface area contributed by atoms with E-state index in [1.54, 1.807) is 23.1 Å². The van der Waals surface area contributed by atoms with Crippen LogP contribution in [0.1, 0.15) is 17.7 Å². The number of halogens is 1. The van der Waals surface area contributed by atoms with Gasteiger partial charge in [-0.25, -0.2) is 8.42 Å². The number of hydrogen-bond donors (Lipinski definition) is 0. The molecular formula is C18H20BrNO5S. The van der Waals surface area contributed by atoms with E-state index in [1.807, 2.05) is 25.1 Å². The van der Waals surface area contributed by atoms with E-state index in [0.29, 0.717) is 22.6 Å². The minimum atomic E-state index is -3.11. The lowest BCUT2D eigenvalue weighted by Crippen LogP contribution is -2.43. The zero-order valence-electron chi connectivity index (χ0n) is 14.4. The second-order valence-corrected chi connectivity index (χ2v) is 9.35. The van der Waals surface area contributed by atoms with Crippen molar-refractivity contribution in [1.29, 1.82) is 0 Å². The van der Waals surface area contributed by atoms with Gasteiger partial charge in [-0.3, -0.25) is 4.79 Å². The zero-order chi connectivity index (χ0) is 18.7. The largest absolute Gasteiger partial charge is 0.484 e. The van der Waals surface area contributed by atoms with E-state index in [2.05, 4.69) is 15.9 Å². The smallest absolute Gasteiger partial charge is 0.261 e. The van der Waals surface area contributed by atoms with Crippen molar-refractivity contribution in [3.63, 3.8) is 0 Å². The zero-order valence-corrected chi connectivity index (χ0v) is 16.8. The number of nitrogens with zero attached hydrogens (tertiary/aromatic N) is 1. The maximum Gasteiger partial charge on any atom is 0.261 e. The van der Waals surface area contributed by atoms with Crippen LogP contribution in [0.4, 0.5) is 0 Å². The molecule has 2 heterocycles. The SMILES string of the molecule is Cc1ccccc1OCC(=O)N(Cc1ccc(Br)o1)[C@@H]1CCS(=O)(=O)C1. The van der Waals surface area contributed by atoms with Crippen molar-refractivity contribution in [3.05, 3.63) is 52.4 Å². The Balaban J connectivity index is 1.73. The van der Waals surface area contributed by atoms with E-state index >= 15 is 0 Å². The molecule has 6 nitrogen and oxygen atoms in total. The number of amides is 1. The van der Waals surface area contributed by atoms with Crippen LogP contribution in [0.15, 0.2) is 45.5 Å². The standard InChI is InChI=1S/C18H20BrNO5S/c1-13-4-2-3-5-16(13)24-11-18(21)20(10-15-6-7-17(19)25-15)14-8-9-26(22,23)12-14/h2-7,14H,8-12H2,1H3/t14-/m1/s1. The van der Waals surface area contributed by atoms with Gasteiger partial charge >= 0.3 is 0 Å². The molecule has 140 valence electrons. The van der Waals surface area contributed by atoms with Gasteiger partial charge in [-0.2, -0.15) is 0 Å². The van der Waals surface area contributed by atoms with E-state index in [-0.39, 0.29) is 36.6 Å². The first kappa shape index (κ1) is 19.0. The van der Waals surface area contributed by atoms with Crippen LogP contribution in [0.5, 0.6) is 5.75 Å². The van der Waals surface area contributed by atoms with Gasteiger partial charge in [-0.05, 0) is 53.0 Å².